The molecule has 0 aromatic rings. The molecule has 2 heterocycles. The van der Waals surface area contributed by atoms with Gasteiger partial charge in [-0.1, -0.05) is 298 Å². The molecule has 2 N–H and O–H groups in total. The number of ether oxygens (including phenoxy) is 12. The zero-order chi connectivity index (χ0) is 91.1. The molecule has 2 rings (SSSR count). The van der Waals surface area contributed by atoms with Gasteiger partial charge >= 0.3 is 48.0 Å². The van der Waals surface area contributed by atoms with Crippen molar-refractivity contribution in [3.63, 3.8) is 0 Å². The Kier molecular flexibility index (Phi) is 81.9. The summed E-state index contributed by atoms with van der Waals surface area (Å²) in [6.07, 6.45) is 58.7. The van der Waals surface area contributed by atoms with Crippen LogP contribution in [0.15, 0.2) is 0 Å². The van der Waals surface area contributed by atoms with Crippen LogP contribution in [0.4, 0.5) is 9.59 Å². The summed E-state index contributed by atoms with van der Waals surface area (Å²) in [7, 11) is 0. The summed E-state index contributed by atoms with van der Waals surface area (Å²) >= 11 is 0. The van der Waals surface area contributed by atoms with Crippen LogP contribution in [0, 0.1) is 23.7 Å². The van der Waals surface area contributed by atoms with Gasteiger partial charge in [-0.3, -0.25) is 28.8 Å². The van der Waals surface area contributed by atoms with E-state index < -0.39 is 48.5 Å². The van der Waals surface area contributed by atoms with Crippen molar-refractivity contribution in [3.05, 3.63) is 0 Å². The van der Waals surface area contributed by atoms with E-state index in [4.69, 9.17) is 56.8 Å². The topological polar surface area (TPSA) is 278 Å². The maximum Gasteiger partial charge on any atom is 0.407 e. The molecule has 738 valence electrons. The minimum absolute atomic E-state index is 0.0813. The molecule has 2 atom stereocenters. The van der Waals surface area contributed by atoms with Crippen LogP contribution in [0.1, 0.15) is 440 Å². The first-order valence-electron chi connectivity index (χ1n) is 52.4. The molecular weight excluding hydrogens is 1600 g/mol. The molecule has 0 aromatic carbocycles. The van der Waals surface area contributed by atoms with Gasteiger partial charge in [0.15, 0.2) is 12.6 Å². The Bertz CT molecular complexity index is 2340. The van der Waals surface area contributed by atoms with Crippen molar-refractivity contribution in [2.45, 2.75) is 452 Å². The van der Waals surface area contributed by atoms with E-state index in [9.17, 15) is 38.4 Å². The Morgan fingerprint density at radius 1 is 0.246 bits per heavy atom. The van der Waals surface area contributed by atoms with Crippen molar-refractivity contribution >= 4 is 48.0 Å². The van der Waals surface area contributed by atoms with Crippen LogP contribution < -0.4 is 10.6 Å². The smallest absolute Gasteiger partial charge is 0.407 e. The minimum Gasteiger partial charge on any atom is -0.466 e. The molecule has 0 aromatic heterocycles. The molecule has 2 unspecified atom stereocenters. The number of amides is 2. The molecule has 2 saturated heterocycles. The van der Waals surface area contributed by atoms with Gasteiger partial charge < -0.3 is 77.3 Å². The van der Waals surface area contributed by atoms with Crippen LogP contribution in [-0.2, 0) is 85.6 Å². The zero-order valence-electron chi connectivity index (χ0n) is 81.5. The highest BCUT2D eigenvalue weighted by Gasteiger charge is 2.30. The summed E-state index contributed by atoms with van der Waals surface area (Å²) in [6.45, 7) is 21.8. The standard InChI is InChI=1S/C102H190N4O20/c1-7-13-19-25-31-33-45-51-77-115-93(107)57-47-37-35-39-49-59-95(109)121-83-89(85-123-97(111)61-63-99(117-79-53-41-27-21-15-9-3)118-80-54-42-28-22-16-10-4)87-125-101(113)103-69-75-105-71-65-91(66-72-105)92-67-73-106(74-68-92)76-70-104-102(114)126-88-90(84-122-96(110)60-50-40-36-38-48-58-94(108)116-78-52-46-34-32-26-20-14-8-2)86-124-98(112)62-64-100(119-81-55-43-29-23-17-11-5)120-82-56-44-30-24-18-12-6/h89-92,99-100H,7-88H2,1-6H3,(H,103,113)(H,104,114). The van der Waals surface area contributed by atoms with Gasteiger partial charge in [0, 0.05) is 91.1 Å². The van der Waals surface area contributed by atoms with Crippen molar-refractivity contribution in [1.82, 2.24) is 20.4 Å². The number of carbonyl (C=O) groups excluding carboxylic acids is 8. The van der Waals surface area contributed by atoms with E-state index in [1.807, 2.05) is 0 Å². The Morgan fingerprint density at radius 3 is 0.706 bits per heavy atom. The Morgan fingerprint density at radius 2 is 0.452 bits per heavy atom. The number of esters is 6. The fraction of sp³-hybridized carbons (Fsp3) is 0.922. The maximum atomic E-state index is 13.4. The molecule has 24 nitrogen and oxygen atoms in total. The van der Waals surface area contributed by atoms with Crippen molar-refractivity contribution in [1.29, 1.82) is 0 Å². The van der Waals surface area contributed by atoms with E-state index >= 15 is 0 Å². The predicted octanol–water partition coefficient (Wildman–Crippen LogP) is 23.8. The Hall–Kier alpha value is -4.88. The predicted molar refractivity (Wildman–Crippen MR) is 503 cm³/mol. The van der Waals surface area contributed by atoms with Gasteiger partial charge in [-0.25, -0.2) is 9.59 Å². The van der Waals surface area contributed by atoms with Crippen LogP contribution in [0.3, 0.4) is 0 Å². The second-order valence-electron chi connectivity index (χ2n) is 36.3. The normalized spacial score (nSPS) is 14.0. The van der Waals surface area contributed by atoms with Crippen LogP contribution in [0.5, 0.6) is 0 Å². The number of hydrogen-bond acceptors (Lipinski definition) is 22. The average molecular weight is 1790 g/mol. The first-order chi connectivity index (χ1) is 61.7. The summed E-state index contributed by atoms with van der Waals surface area (Å²) < 4.78 is 70.1. The third-order valence-electron chi connectivity index (χ3n) is 24.6. The van der Waals surface area contributed by atoms with Gasteiger partial charge in [-0.15, -0.1) is 0 Å². The lowest BCUT2D eigenvalue weighted by molar-refractivity contribution is -0.161. The summed E-state index contributed by atoms with van der Waals surface area (Å²) in [5.74, 6) is -1.85. The molecule has 0 bridgehead atoms. The highest BCUT2D eigenvalue weighted by atomic mass is 16.7. The van der Waals surface area contributed by atoms with Crippen molar-refractivity contribution in [2.24, 2.45) is 23.7 Å². The second-order valence-corrected chi connectivity index (χ2v) is 36.3. The van der Waals surface area contributed by atoms with Gasteiger partial charge in [0.05, 0.1) is 37.9 Å². The summed E-state index contributed by atoms with van der Waals surface area (Å²) in [6, 6.07) is 0. The monoisotopic (exact) mass is 1790 g/mol. The molecule has 126 heavy (non-hydrogen) atoms. The van der Waals surface area contributed by atoms with Crippen molar-refractivity contribution in [2.75, 3.05) is 132 Å². The number of nitrogens with zero attached hydrogens (tertiary/aromatic N) is 2. The summed E-state index contributed by atoms with van der Waals surface area (Å²) in [5.41, 5.74) is 0. The number of unbranched alkanes of at least 4 members (excludes halogenated alkanes) is 42. The lowest BCUT2D eigenvalue weighted by Gasteiger charge is -2.40. The minimum atomic E-state index is -0.592. The number of piperidine rings is 2. The highest BCUT2D eigenvalue weighted by molar-refractivity contribution is 5.71. The number of carbonyl (C=O) groups is 8. The number of likely N-dealkylation sites (tertiary alicyclic amines) is 2. The summed E-state index contributed by atoms with van der Waals surface area (Å²) in [4.78, 5) is 109. The van der Waals surface area contributed by atoms with E-state index in [0.717, 1.165) is 180 Å². The molecule has 0 radical (unpaired) electrons. The Labute approximate surface area is 767 Å². The second kappa shape index (κ2) is 88.1. The average Bonchev–Trinajstić information content (AvgIpc) is 0.853. The van der Waals surface area contributed by atoms with Gasteiger partial charge in [0.1, 0.15) is 39.6 Å². The number of alkyl carbamates (subject to hydrolysis) is 2. The zero-order valence-corrected chi connectivity index (χ0v) is 81.5. The fourth-order valence-electron chi connectivity index (χ4n) is 16.3. The van der Waals surface area contributed by atoms with E-state index in [1.54, 1.807) is 0 Å². The van der Waals surface area contributed by atoms with Gasteiger partial charge in [-0.05, 0) is 128 Å². The lowest BCUT2D eigenvalue weighted by Crippen LogP contribution is -2.44. The third kappa shape index (κ3) is 74.7. The first kappa shape index (κ1) is 117. The fourth-order valence-corrected chi connectivity index (χ4v) is 16.3. The maximum absolute atomic E-state index is 13.4. The molecule has 2 fully saturated rings. The third-order valence-corrected chi connectivity index (χ3v) is 24.6. The molecule has 24 heteroatoms. The Balaban J connectivity index is 1.89. The van der Waals surface area contributed by atoms with E-state index in [1.165, 1.54) is 180 Å². The van der Waals surface area contributed by atoms with Crippen molar-refractivity contribution < 1.29 is 95.2 Å². The van der Waals surface area contributed by atoms with Gasteiger partial charge in [0.2, 0.25) is 0 Å². The van der Waals surface area contributed by atoms with E-state index in [0.29, 0.717) is 116 Å². The van der Waals surface area contributed by atoms with Crippen LogP contribution >= 0.6 is 0 Å². The van der Waals surface area contributed by atoms with E-state index in [2.05, 4.69) is 62.0 Å². The number of rotatable bonds is 91. The van der Waals surface area contributed by atoms with E-state index in [-0.39, 0.29) is 89.2 Å². The van der Waals surface area contributed by atoms with Gasteiger partial charge in [0.25, 0.3) is 0 Å². The molecule has 2 aliphatic rings. The quantitative estimate of drug-likeness (QED) is 0.0248. The first-order valence-corrected chi connectivity index (χ1v) is 52.4. The van der Waals surface area contributed by atoms with Crippen LogP contribution in [0.25, 0.3) is 0 Å². The molecular formula is C102H190N4O20. The largest absolute Gasteiger partial charge is 0.466 e. The highest BCUT2D eigenvalue weighted by Crippen LogP contribution is 2.33. The van der Waals surface area contributed by atoms with Crippen LogP contribution in [0.2, 0.25) is 0 Å². The molecule has 0 aliphatic carbocycles. The van der Waals surface area contributed by atoms with Crippen LogP contribution in [-0.4, -0.2) is 202 Å². The molecule has 0 saturated carbocycles. The lowest BCUT2D eigenvalue weighted by atomic mass is 9.79. The molecule has 2 aliphatic heterocycles. The number of nitrogens with one attached hydrogen (secondary N) is 2. The summed E-state index contributed by atoms with van der Waals surface area (Å²) in [5, 5.41) is 5.83. The molecule has 0 spiro atoms. The SMILES string of the molecule is CCCCCCCCCCOC(=O)CCCCCCCC(=O)OCC(COC(=O)CCC(OCCCCCCCC)OCCCCCCCC)COC(=O)NCCN1CCC(C2CCN(CCNC(=O)OCC(COC(=O)CCCCCCCC(=O)OCCCCCCCCCC)COC(=O)CCC(OCCCCCCCC)OCCCCCCCC)CC2)CC1. The molecule has 2 amide bonds. The van der Waals surface area contributed by atoms with Gasteiger partial charge in [-0.2, -0.15) is 0 Å². The van der Waals surface area contributed by atoms with Crippen molar-refractivity contribution in [3.8, 4) is 0 Å². The number of hydrogen-bond donors (Lipinski definition) is 2.